The zero-order valence-corrected chi connectivity index (χ0v) is 15.1. The smallest absolute Gasteiger partial charge is 0.353 e. The molecular formula is C18H16F3N7O. The Kier molecular flexibility index (Phi) is 4.87. The quantitative estimate of drug-likeness (QED) is 0.666. The van der Waals surface area contributed by atoms with Gasteiger partial charge >= 0.3 is 6.18 Å². The topological polar surface area (TPSA) is 80.0 Å². The highest BCUT2D eigenvalue weighted by Crippen LogP contribution is 2.27. The number of amides is 1. The Balaban J connectivity index is 1.40. The third-order valence-corrected chi connectivity index (χ3v) is 4.60. The minimum absolute atomic E-state index is 0.135. The van der Waals surface area contributed by atoms with E-state index in [2.05, 4.69) is 19.9 Å². The van der Waals surface area contributed by atoms with Crippen LogP contribution in [0.3, 0.4) is 0 Å². The monoisotopic (exact) mass is 403 g/mol. The van der Waals surface area contributed by atoms with Gasteiger partial charge in [-0.05, 0) is 12.1 Å². The molecule has 1 fully saturated rings. The van der Waals surface area contributed by atoms with E-state index in [1.54, 1.807) is 28.2 Å². The summed E-state index contributed by atoms with van der Waals surface area (Å²) in [5.74, 6) is 1.07. The van der Waals surface area contributed by atoms with Gasteiger partial charge in [-0.25, -0.2) is 15.0 Å². The minimum Gasteiger partial charge on any atom is -0.353 e. The average Bonchev–Trinajstić information content (AvgIpc) is 3.28. The highest BCUT2D eigenvalue weighted by molar-refractivity contribution is 5.94. The van der Waals surface area contributed by atoms with Crippen molar-refractivity contribution >= 4 is 11.7 Å². The molecule has 0 saturated carbocycles. The first-order valence-corrected chi connectivity index (χ1v) is 8.80. The summed E-state index contributed by atoms with van der Waals surface area (Å²) in [5.41, 5.74) is -0.882. The van der Waals surface area contributed by atoms with Crippen LogP contribution in [0.25, 0.3) is 5.82 Å². The zero-order valence-electron chi connectivity index (χ0n) is 15.1. The van der Waals surface area contributed by atoms with Crippen molar-refractivity contribution in [2.75, 3.05) is 31.1 Å². The predicted molar refractivity (Wildman–Crippen MR) is 96.5 cm³/mol. The van der Waals surface area contributed by atoms with Gasteiger partial charge in [0, 0.05) is 50.8 Å². The number of hydrogen-bond acceptors (Lipinski definition) is 6. The van der Waals surface area contributed by atoms with E-state index in [0.717, 1.165) is 24.1 Å². The Labute approximate surface area is 163 Å². The van der Waals surface area contributed by atoms with E-state index in [4.69, 9.17) is 0 Å². The fourth-order valence-electron chi connectivity index (χ4n) is 3.06. The van der Waals surface area contributed by atoms with Crippen LogP contribution in [0.1, 0.15) is 16.1 Å². The lowest BCUT2D eigenvalue weighted by Gasteiger charge is -2.35. The standard InChI is InChI=1S/C18H16F3N7O/c19-18(20,21)14-2-1-13(10-23-14)17(29)27-7-5-26(6-8-27)15-9-16(25-11-24-15)28-4-3-22-12-28/h1-4,9-12H,5-8H2. The van der Waals surface area contributed by atoms with Gasteiger partial charge in [0.05, 0.1) is 5.56 Å². The molecule has 1 amide bonds. The first-order chi connectivity index (χ1) is 13.9. The first kappa shape index (κ1) is 18.8. The second kappa shape index (κ2) is 7.49. The minimum atomic E-state index is -4.53. The number of imidazole rings is 1. The summed E-state index contributed by atoms with van der Waals surface area (Å²) in [4.78, 5) is 32.0. The molecule has 11 heteroatoms. The Morgan fingerprint density at radius 1 is 1.00 bits per heavy atom. The number of hydrogen-bond donors (Lipinski definition) is 0. The molecule has 3 aromatic rings. The molecule has 1 aliphatic heterocycles. The van der Waals surface area contributed by atoms with Crippen molar-refractivity contribution in [1.29, 1.82) is 0 Å². The van der Waals surface area contributed by atoms with Crippen LogP contribution in [0.4, 0.5) is 19.0 Å². The Hall–Kier alpha value is -3.50. The van der Waals surface area contributed by atoms with E-state index in [9.17, 15) is 18.0 Å². The van der Waals surface area contributed by atoms with E-state index < -0.39 is 11.9 Å². The summed E-state index contributed by atoms with van der Waals surface area (Å²) < 4.78 is 39.6. The van der Waals surface area contributed by atoms with Gasteiger partial charge in [0.1, 0.15) is 30.0 Å². The highest BCUT2D eigenvalue weighted by atomic mass is 19.4. The number of carbonyl (C=O) groups excluding carboxylic acids is 1. The SMILES string of the molecule is O=C(c1ccc(C(F)(F)F)nc1)N1CCN(c2cc(-n3ccnc3)ncn2)CC1. The molecule has 0 N–H and O–H groups in total. The molecule has 0 aliphatic carbocycles. The van der Waals surface area contributed by atoms with E-state index in [1.807, 2.05) is 11.0 Å². The Bertz CT molecular complexity index is 981. The number of piperazine rings is 1. The van der Waals surface area contributed by atoms with Gasteiger partial charge in [0.15, 0.2) is 0 Å². The summed E-state index contributed by atoms with van der Waals surface area (Å²) in [7, 11) is 0. The molecule has 0 aromatic carbocycles. The molecular weight excluding hydrogens is 387 g/mol. The fourth-order valence-corrected chi connectivity index (χ4v) is 3.06. The summed E-state index contributed by atoms with van der Waals surface area (Å²) >= 11 is 0. The van der Waals surface area contributed by atoms with Crippen molar-refractivity contribution < 1.29 is 18.0 Å². The van der Waals surface area contributed by atoms with Crippen LogP contribution in [0.5, 0.6) is 0 Å². The molecule has 150 valence electrons. The maximum atomic E-state index is 12.6. The lowest BCUT2D eigenvalue weighted by atomic mass is 10.2. The van der Waals surface area contributed by atoms with Crippen molar-refractivity contribution in [2.24, 2.45) is 0 Å². The second-order valence-electron chi connectivity index (χ2n) is 6.41. The number of aromatic nitrogens is 5. The molecule has 3 aromatic heterocycles. The van der Waals surface area contributed by atoms with E-state index in [1.165, 1.54) is 6.33 Å². The molecule has 8 nitrogen and oxygen atoms in total. The number of rotatable bonds is 3. The fraction of sp³-hybridized carbons (Fsp3) is 0.278. The van der Waals surface area contributed by atoms with Gasteiger partial charge < -0.3 is 9.80 Å². The molecule has 0 spiro atoms. The van der Waals surface area contributed by atoms with Crippen LogP contribution < -0.4 is 4.90 Å². The van der Waals surface area contributed by atoms with Gasteiger partial charge in [-0.1, -0.05) is 0 Å². The molecule has 4 rings (SSSR count). The third-order valence-electron chi connectivity index (χ3n) is 4.60. The van der Waals surface area contributed by atoms with E-state index in [-0.39, 0.29) is 11.5 Å². The van der Waals surface area contributed by atoms with Crippen LogP contribution >= 0.6 is 0 Å². The van der Waals surface area contributed by atoms with Crippen LogP contribution in [-0.4, -0.2) is 61.5 Å². The molecule has 29 heavy (non-hydrogen) atoms. The first-order valence-electron chi connectivity index (χ1n) is 8.80. The summed E-state index contributed by atoms with van der Waals surface area (Å²) in [6, 6.07) is 3.81. The summed E-state index contributed by atoms with van der Waals surface area (Å²) in [5, 5.41) is 0. The Morgan fingerprint density at radius 3 is 2.38 bits per heavy atom. The molecule has 4 heterocycles. The molecule has 0 unspecified atom stereocenters. The molecule has 1 saturated heterocycles. The number of alkyl halides is 3. The van der Waals surface area contributed by atoms with Crippen molar-refractivity contribution in [2.45, 2.75) is 6.18 Å². The summed E-state index contributed by atoms with van der Waals surface area (Å²) in [6.07, 6.45) is 2.99. The number of carbonyl (C=O) groups is 1. The molecule has 0 atom stereocenters. The van der Waals surface area contributed by atoms with Crippen molar-refractivity contribution in [3.63, 3.8) is 0 Å². The number of pyridine rings is 1. The lowest BCUT2D eigenvalue weighted by molar-refractivity contribution is -0.141. The second-order valence-corrected chi connectivity index (χ2v) is 6.41. The van der Waals surface area contributed by atoms with Crippen molar-refractivity contribution in [3.8, 4) is 5.82 Å². The number of nitrogens with zero attached hydrogens (tertiary/aromatic N) is 7. The normalized spacial score (nSPS) is 14.9. The maximum Gasteiger partial charge on any atom is 0.433 e. The number of halogens is 3. The number of anilines is 1. The van der Waals surface area contributed by atoms with Gasteiger partial charge in [-0.2, -0.15) is 13.2 Å². The maximum absolute atomic E-state index is 12.6. The van der Waals surface area contributed by atoms with Crippen LogP contribution in [0.15, 0.2) is 49.4 Å². The molecule has 0 bridgehead atoms. The van der Waals surface area contributed by atoms with Crippen molar-refractivity contribution in [1.82, 2.24) is 29.4 Å². The van der Waals surface area contributed by atoms with Gasteiger partial charge in [0.25, 0.3) is 5.91 Å². The van der Waals surface area contributed by atoms with E-state index >= 15 is 0 Å². The summed E-state index contributed by atoms with van der Waals surface area (Å²) in [6.45, 7) is 1.93. The van der Waals surface area contributed by atoms with Gasteiger partial charge in [0.2, 0.25) is 0 Å². The Morgan fingerprint density at radius 2 is 1.76 bits per heavy atom. The third kappa shape index (κ3) is 4.03. The van der Waals surface area contributed by atoms with Crippen molar-refractivity contribution in [3.05, 3.63) is 60.7 Å². The average molecular weight is 403 g/mol. The van der Waals surface area contributed by atoms with Gasteiger partial charge in [-0.3, -0.25) is 14.3 Å². The van der Waals surface area contributed by atoms with E-state index in [0.29, 0.717) is 32.0 Å². The predicted octanol–water partition coefficient (Wildman–Crippen LogP) is 2.04. The molecule has 0 radical (unpaired) electrons. The van der Waals surface area contributed by atoms with Crippen LogP contribution in [-0.2, 0) is 6.18 Å². The zero-order chi connectivity index (χ0) is 20.4. The molecule has 1 aliphatic rings. The van der Waals surface area contributed by atoms with Crippen LogP contribution in [0.2, 0.25) is 0 Å². The van der Waals surface area contributed by atoms with Gasteiger partial charge in [-0.15, -0.1) is 0 Å². The lowest BCUT2D eigenvalue weighted by Crippen LogP contribution is -2.49. The highest BCUT2D eigenvalue weighted by Gasteiger charge is 2.32. The van der Waals surface area contributed by atoms with Crippen LogP contribution in [0, 0.1) is 0 Å². The largest absolute Gasteiger partial charge is 0.433 e.